The van der Waals surface area contributed by atoms with Crippen LogP contribution in [0.1, 0.15) is 219 Å². The third-order valence-electron chi connectivity index (χ3n) is 8.93. The average molecular weight is 611 g/mol. The molecule has 0 aliphatic rings. The summed E-state index contributed by atoms with van der Waals surface area (Å²) >= 11 is 0. The van der Waals surface area contributed by atoms with Gasteiger partial charge < -0.3 is 14.6 Å². The van der Waals surface area contributed by atoms with Crippen LogP contribution in [0.5, 0.6) is 0 Å². The lowest BCUT2D eigenvalue weighted by molar-refractivity contribution is -0.154. The van der Waals surface area contributed by atoms with Gasteiger partial charge in [-0.15, -0.1) is 0 Å². The maximum absolute atomic E-state index is 12.1. The third-order valence-corrected chi connectivity index (χ3v) is 8.93. The molecule has 1 N–H and O–H groups in total. The number of rotatable bonds is 37. The molecular weight excluding hydrogens is 532 g/mol. The van der Waals surface area contributed by atoms with E-state index >= 15 is 0 Å². The van der Waals surface area contributed by atoms with E-state index < -0.39 is 6.10 Å². The summed E-state index contributed by atoms with van der Waals surface area (Å²) in [5.74, 6) is -0.195. The Morgan fingerprint density at radius 3 is 1.09 bits per heavy atom. The van der Waals surface area contributed by atoms with Gasteiger partial charge in [-0.05, 0) is 12.8 Å². The summed E-state index contributed by atoms with van der Waals surface area (Å²) in [7, 11) is 0. The van der Waals surface area contributed by atoms with Crippen LogP contribution in [0.2, 0.25) is 0 Å². The van der Waals surface area contributed by atoms with E-state index in [1.54, 1.807) is 0 Å². The Morgan fingerprint density at radius 2 is 0.767 bits per heavy atom. The summed E-state index contributed by atoms with van der Waals surface area (Å²) in [6.07, 6.45) is 41.5. The first-order valence-corrected chi connectivity index (χ1v) is 19.6. The highest BCUT2D eigenvalue weighted by Crippen LogP contribution is 2.16. The van der Waals surface area contributed by atoms with E-state index in [1.807, 2.05) is 0 Å². The zero-order valence-electron chi connectivity index (χ0n) is 29.5. The second kappa shape index (κ2) is 37.6. The summed E-state index contributed by atoms with van der Waals surface area (Å²) in [5.41, 5.74) is 0. The van der Waals surface area contributed by atoms with Crippen molar-refractivity contribution in [3.8, 4) is 0 Å². The highest BCUT2D eigenvalue weighted by atomic mass is 16.6. The molecule has 1 unspecified atom stereocenters. The van der Waals surface area contributed by atoms with E-state index in [0.29, 0.717) is 19.6 Å². The molecular formula is C39H78O4. The zero-order chi connectivity index (χ0) is 31.3. The van der Waals surface area contributed by atoms with Crippen molar-refractivity contribution in [3.05, 3.63) is 0 Å². The number of ether oxygens (including phenoxy) is 2. The van der Waals surface area contributed by atoms with Crippen LogP contribution in [0.3, 0.4) is 0 Å². The fourth-order valence-electron chi connectivity index (χ4n) is 5.98. The van der Waals surface area contributed by atoms with Gasteiger partial charge in [-0.2, -0.15) is 0 Å². The molecule has 0 aromatic carbocycles. The largest absolute Gasteiger partial charge is 0.457 e. The molecule has 0 aromatic rings. The predicted molar refractivity (Wildman–Crippen MR) is 187 cm³/mol. The van der Waals surface area contributed by atoms with E-state index in [1.165, 1.54) is 180 Å². The van der Waals surface area contributed by atoms with Crippen LogP contribution >= 0.6 is 0 Å². The fraction of sp³-hybridized carbons (Fsp3) is 0.974. The van der Waals surface area contributed by atoms with Crippen molar-refractivity contribution >= 4 is 5.97 Å². The molecule has 0 fully saturated rings. The van der Waals surface area contributed by atoms with E-state index in [0.717, 1.165) is 19.3 Å². The minimum absolute atomic E-state index is 0.163. The molecule has 0 saturated carbocycles. The van der Waals surface area contributed by atoms with Crippen LogP contribution in [0.25, 0.3) is 0 Å². The van der Waals surface area contributed by atoms with Crippen molar-refractivity contribution in [3.63, 3.8) is 0 Å². The minimum Gasteiger partial charge on any atom is -0.457 e. The lowest BCUT2D eigenvalue weighted by Gasteiger charge is -2.16. The minimum atomic E-state index is -0.523. The van der Waals surface area contributed by atoms with E-state index in [9.17, 15) is 9.90 Å². The van der Waals surface area contributed by atoms with Gasteiger partial charge in [0.25, 0.3) is 0 Å². The number of carbonyl (C=O) groups excluding carboxylic acids is 1. The Hall–Kier alpha value is -0.610. The second-order valence-electron chi connectivity index (χ2n) is 13.4. The Balaban J connectivity index is 3.35. The number of carbonyl (C=O) groups is 1. The second-order valence-corrected chi connectivity index (χ2v) is 13.4. The van der Waals surface area contributed by atoms with Crippen molar-refractivity contribution in [1.82, 2.24) is 0 Å². The fourth-order valence-corrected chi connectivity index (χ4v) is 5.98. The number of hydrogen-bond donors (Lipinski definition) is 1. The molecule has 4 heteroatoms. The van der Waals surface area contributed by atoms with Gasteiger partial charge in [0.1, 0.15) is 6.10 Å². The van der Waals surface area contributed by atoms with E-state index in [4.69, 9.17) is 9.47 Å². The standard InChI is InChI=1S/C39H78O4/c1-3-5-7-9-11-13-15-16-17-18-19-20-21-22-23-24-26-28-30-32-34-39(41)43-38(36-40)37-42-35-33-31-29-27-25-14-12-10-8-6-4-2/h38,40H,3-37H2,1-2H3. The van der Waals surface area contributed by atoms with Crippen molar-refractivity contribution in [1.29, 1.82) is 0 Å². The summed E-state index contributed by atoms with van der Waals surface area (Å²) in [5, 5.41) is 9.55. The number of esters is 1. The van der Waals surface area contributed by atoms with E-state index in [2.05, 4.69) is 13.8 Å². The van der Waals surface area contributed by atoms with Crippen LogP contribution in [0.4, 0.5) is 0 Å². The SMILES string of the molecule is CCCCCCCCCCCCCCCCCCCCCCC(=O)OC(CO)COCCCCCCCCCCCCC. The molecule has 4 nitrogen and oxygen atoms in total. The Kier molecular flexibility index (Phi) is 37.0. The average Bonchev–Trinajstić information content (AvgIpc) is 3.01. The molecule has 0 aliphatic carbocycles. The molecule has 0 saturated heterocycles. The van der Waals surface area contributed by atoms with Gasteiger partial charge in [0, 0.05) is 13.0 Å². The molecule has 1 atom stereocenters. The zero-order valence-corrected chi connectivity index (χ0v) is 29.5. The lowest BCUT2D eigenvalue weighted by atomic mass is 10.0. The Bertz CT molecular complexity index is 523. The molecule has 0 bridgehead atoms. The molecule has 0 heterocycles. The summed E-state index contributed by atoms with van der Waals surface area (Å²) in [4.78, 5) is 12.1. The molecule has 0 aliphatic heterocycles. The van der Waals surface area contributed by atoms with Crippen LogP contribution in [-0.2, 0) is 14.3 Å². The first-order chi connectivity index (χ1) is 21.2. The molecule has 0 radical (unpaired) electrons. The molecule has 0 spiro atoms. The van der Waals surface area contributed by atoms with Crippen LogP contribution in [-0.4, -0.2) is 37.0 Å². The first-order valence-electron chi connectivity index (χ1n) is 19.6. The van der Waals surface area contributed by atoms with Crippen LogP contribution in [0, 0.1) is 0 Å². The van der Waals surface area contributed by atoms with Gasteiger partial charge in [0.15, 0.2) is 0 Å². The lowest BCUT2D eigenvalue weighted by Crippen LogP contribution is -2.27. The Morgan fingerprint density at radius 1 is 0.465 bits per heavy atom. The summed E-state index contributed by atoms with van der Waals surface area (Å²) in [6.45, 7) is 5.38. The van der Waals surface area contributed by atoms with Gasteiger partial charge in [-0.1, -0.05) is 200 Å². The van der Waals surface area contributed by atoms with Gasteiger partial charge in [0.05, 0.1) is 13.2 Å². The molecule has 43 heavy (non-hydrogen) atoms. The van der Waals surface area contributed by atoms with Gasteiger partial charge in [-0.25, -0.2) is 0 Å². The third kappa shape index (κ3) is 35.7. The highest BCUT2D eigenvalue weighted by Gasteiger charge is 2.13. The predicted octanol–water partition coefficient (Wildman–Crippen LogP) is 12.4. The van der Waals surface area contributed by atoms with Crippen LogP contribution < -0.4 is 0 Å². The monoisotopic (exact) mass is 611 g/mol. The number of hydrogen-bond acceptors (Lipinski definition) is 4. The normalized spacial score (nSPS) is 12.2. The molecule has 0 rings (SSSR count). The number of aliphatic hydroxyl groups excluding tert-OH is 1. The number of unbranched alkanes of at least 4 members (excludes halogenated alkanes) is 29. The Labute approximate surface area is 270 Å². The van der Waals surface area contributed by atoms with Crippen molar-refractivity contribution in [2.24, 2.45) is 0 Å². The van der Waals surface area contributed by atoms with Gasteiger partial charge in [-0.3, -0.25) is 4.79 Å². The van der Waals surface area contributed by atoms with Crippen molar-refractivity contribution in [2.45, 2.75) is 225 Å². The quantitative estimate of drug-likeness (QED) is 0.0561. The molecule has 0 aromatic heterocycles. The maximum Gasteiger partial charge on any atom is 0.306 e. The summed E-state index contributed by atoms with van der Waals surface area (Å²) in [6, 6.07) is 0. The summed E-state index contributed by atoms with van der Waals surface area (Å²) < 4.78 is 11.1. The maximum atomic E-state index is 12.1. The first kappa shape index (κ1) is 42.4. The highest BCUT2D eigenvalue weighted by molar-refractivity contribution is 5.69. The van der Waals surface area contributed by atoms with Gasteiger partial charge in [0.2, 0.25) is 0 Å². The van der Waals surface area contributed by atoms with Crippen molar-refractivity contribution in [2.75, 3.05) is 19.8 Å². The molecule has 0 amide bonds. The van der Waals surface area contributed by atoms with E-state index in [-0.39, 0.29) is 12.6 Å². The van der Waals surface area contributed by atoms with Crippen LogP contribution in [0.15, 0.2) is 0 Å². The smallest absolute Gasteiger partial charge is 0.306 e. The van der Waals surface area contributed by atoms with Gasteiger partial charge >= 0.3 is 5.97 Å². The molecule has 258 valence electrons. The number of aliphatic hydroxyl groups is 1. The topological polar surface area (TPSA) is 55.8 Å². The van der Waals surface area contributed by atoms with Crippen molar-refractivity contribution < 1.29 is 19.4 Å².